The normalized spacial score (nSPS) is 15.3. The van der Waals surface area contributed by atoms with Gasteiger partial charge in [-0.2, -0.15) is 57.1 Å². The van der Waals surface area contributed by atoms with Crippen LogP contribution in [0.5, 0.6) is 0 Å². The summed E-state index contributed by atoms with van der Waals surface area (Å²) in [5.41, 5.74) is 0. The van der Waals surface area contributed by atoms with E-state index in [-0.39, 0.29) is 12.8 Å². The van der Waals surface area contributed by atoms with Crippen LogP contribution in [0.15, 0.2) is 0 Å². The Labute approximate surface area is 222 Å². The maximum absolute atomic E-state index is 13.9. The van der Waals surface area contributed by atoms with Crippen LogP contribution in [-0.2, 0) is 0 Å². The summed E-state index contributed by atoms with van der Waals surface area (Å²) < 4.78 is 170. The van der Waals surface area contributed by atoms with E-state index in [1.54, 1.807) is 0 Å². The minimum atomic E-state index is -7.83. The maximum Gasteiger partial charge on any atom is 0.460 e. The number of halogens is 14. The van der Waals surface area contributed by atoms with Gasteiger partial charge in [0, 0.05) is 10.3 Å². The molecule has 0 radical (unpaired) electrons. The summed E-state index contributed by atoms with van der Waals surface area (Å²) in [6, 6.07) is 0. The first-order valence-electron chi connectivity index (χ1n) is 12.3. The highest BCUT2D eigenvalue weighted by molar-refractivity contribution is 14.1. The second-order valence-corrected chi connectivity index (χ2v) is 11.1. The topological polar surface area (TPSA) is 0 Å². The molecule has 0 aromatic rings. The fraction of sp³-hybridized carbons (Fsp3) is 1.00. The molecule has 0 aromatic carbocycles. The Hall–Kier alpha value is -0.180. The molecule has 0 aromatic heterocycles. The monoisotopic (exact) mass is 684 g/mol. The van der Waals surface area contributed by atoms with Gasteiger partial charge in [-0.1, -0.05) is 113 Å². The Morgan fingerprint density at radius 1 is 0.459 bits per heavy atom. The lowest BCUT2D eigenvalue weighted by atomic mass is 9.91. The Kier molecular flexibility index (Phi) is 14.9. The summed E-state index contributed by atoms with van der Waals surface area (Å²) in [7, 11) is 0. The number of unbranched alkanes of at least 4 members (excludes halogenated alkanes) is 12. The molecule has 0 aliphatic carbocycles. The third kappa shape index (κ3) is 9.75. The molecule has 0 nitrogen and oxygen atoms in total. The minimum absolute atomic E-state index is 0.190. The molecular formula is C23H34F13I. The minimum Gasteiger partial charge on any atom is -0.200 e. The lowest BCUT2D eigenvalue weighted by Gasteiger charge is -2.40. The van der Waals surface area contributed by atoms with E-state index in [1.165, 1.54) is 54.7 Å². The van der Waals surface area contributed by atoms with Crippen LogP contribution in [0, 0.1) is 0 Å². The summed E-state index contributed by atoms with van der Waals surface area (Å²) in [4.78, 5) is 0. The standard InChI is InChI=1S/C23H34F13I/c1-2-3-4-5-6-7-8-9-10-11-12-13-14-15-17(37)16-18(24,25)19(26,27)20(28,29)21(30,31)22(32,33)23(34,35)36/h17H,2-16H2,1H3. The van der Waals surface area contributed by atoms with E-state index >= 15 is 0 Å². The van der Waals surface area contributed by atoms with E-state index < -0.39 is 46.1 Å². The van der Waals surface area contributed by atoms with Gasteiger partial charge < -0.3 is 0 Å². The van der Waals surface area contributed by atoms with Gasteiger partial charge in [0.2, 0.25) is 0 Å². The average Bonchev–Trinajstić information content (AvgIpc) is 2.75. The van der Waals surface area contributed by atoms with Gasteiger partial charge in [-0.3, -0.25) is 0 Å². The summed E-state index contributed by atoms with van der Waals surface area (Å²) >= 11 is 1.21. The molecule has 0 spiro atoms. The Bertz CT molecular complexity index is 633. The highest BCUT2D eigenvalue weighted by Crippen LogP contribution is 2.61. The van der Waals surface area contributed by atoms with Crippen molar-refractivity contribution in [3.63, 3.8) is 0 Å². The van der Waals surface area contributed by atoms with Crippen LogP contribution in [0.4, 0.5) is 57.1 Å². The van der Waals surface area contributed by atoms with Crippen LogP contribution in [0.25, 0.3) is 0 Å². The third-order valence-electron chi connectivity index (χ3n) is 6.10. The molecule has 0 saturated carbocycles. The predicted molar refractivity (Wildman–Crippen MR) is 124 cm³/mol. The SMILES string of the molecule is CCCCCCCCCCCCCCCC(I)CC(F)(F)C(F)(F)C(F)(F)C(F)(F)C(F)(F)C(F)(F)F. The van der Waals surface area contributed by atoms with Crippen LogP contribution in [0.3, 0.4) is 0 Å². The molecule has 0 aliphatic rings. The van der Waals surface area contributed by atoms with Gasteiger partial charge in [0.15, 0.2) is 0 Å². The highest BCUT2D eigenvalue weighted by Gasteiger charge is 2.90. The van der Waals surface area contributed by atoms with Crippen molar-refractivity contribution < 1.29 is 57.1 Å². The molecule has 0 rings (SSSR count). The Morgan fingerprint density at radius 3 is 1.14 bits per heavy atom. The molecule has 0 heterocycles. The number of rotatable bonds is 20. The van der Waals surface area contributed by atoms with E-state index in [1.807, 2.05) is 0 Å². The third-order valence-corrected chi connectivity index (χ3v) is 7.16. The van der Waals surface area contributed by atoms with Gasteiger partial charge >= 0.3 is 35.8 Å². The molecule has 0 amide bonds. The van der Waals surface area contributed by atoms with Gasteiger partial charge in [0.1, 0.15) is 0 Å². The second-order valence-electron chi connectivity index (χ2n) is 9.33. The van der Waals surface area contributed by atoms with E-state index in [0.29, 0.717) is 12.8 Å². The molecule has 0 bridgehead atoms. The first-order chi connectivity index (χ1) is 16.7. The molecule has 0 saturated heterocycles. The highest BCUT2D eigenvalue weighted by atomic mass is 127. The van der Waals surface area contributed by atoms with Crippen molar-refractivity contribution >= 4 is 22.6 Å². The van der Waals surface area contributed by atoms with E-state index in [9.17, 15) is 57.1 Å². The van der Waals surface area contributed by atoms with Crippen molar-refractivity contribution in [2.75, 3.05) is 0 Å². The summed E-state index contributed by atoms with van der Waals surface area (Å²) in [6.07, 6.45) is 2.78. The zero-order chi connectivity index (χ0) is 29.2. The first-order valence-corrected chi connectivity index (χ1v) is 13.5. The molecular weight excluding hydrogens is 650 g/mol. The van der Waals surface area contributed by atoms with Crippen LogP contribution < -0.4 is 0 Å². The summed E-state index contributed by atoms with van der Waals surface area (Å²) in [5, 5.41) is 0. The van der Waals surface area contributed by atoms with Crippen molar-refractivity contribution in [1.82, 2.24) is 0 Å². The van der Waals surface area contributed by atoms with E-state index in [0.717, 1.165) is 32.1 Å². The van der Waals surface area contributed by atoms with Gasteiger partial charge in [0.25, 0.3) is 0 Å². The predicted octanol–water partition coefficient (Wildman–Crippen LogP) is 11.4. The lowest BCUT2D eigenvalue weighted by Crippen LogP contribution is -2.70. The molecule has 14 heteroatoms. The Morgan fingerprint density at radius 2 is 0.784 bits per heavy atom. The van der Waals surface area contributed by atoms with Crippen LogP contribution in [0.1, 0.15) is 103 Å². The zero-order valence-electron chi connectivity index (χ0n) is 20.5. The summed E-state index contributed by atoms with van der Waals surface area (Å²) in [6.45, 7) is 2.14. The lowest BCUT2D eigenvalue weighted by molar-refractivity contribution is -0.440. The molecule has 1 unspecified atom stereocenters. The smallest absolute Gasteiger partial charge is 0.200 e. The Balaban J connectivity index is 4.63. The first kappa shape index (κ1) is 36.8. The summed E-state index contributed by atoms with van der Waals surface area (Å²) in [5.74, 6) is -36.4. The number of hydrogen-bond donors (Lipinski definition) is 0. The average molecular weight is 684 g/mol. The number of alkyl halides is 14. The van der Waals surface area contributed by atoms with E-state index in [2.05, 4.69) is 6.92 Å². The quantitative estimate of drug-likeness (QED) is 0.0518. The van der Waals surface area contributed by atoms with Gasteiger partial charge in [-0.25, -0.2) is 0 Å². The second kappa shape index (κ2) is 15.0. The van der Waals surface area contributed by atoms with E-state index in [4.69, 9.17) is 0 Å². The van der Waals surface area contributed by atoms with Crippen molar-refractivity contribution in [2.45, 2.75) is 143 Å². The fourth-order valence-electron chi connectivity index (χ4n) is 3.69. The largest absolute Gasteiger partial charge is 0.460 e. The van der Waals surface area contributed by atoms with Crippen LogP contribution in [-0.4, -0.2) is 39.7 Å². The zero-order valence-corrected chi connectivity index (χ0v) is 22.6. The molecule has 0 fully saturated rings. The number of hydrogen-bond acceptors (Lipinski definition) is 0. The van der Waals surface area contributed by atoms with Crippen molar-refractivity contribution in [2.24, 2.45) is 0 Å². The molecule has 0 aliphatic heterocycles. The van der Waals surface area contributed by atoms with Crippen LogP contribution >= 0.6 is 22.6 Å². The molecule has 37 heavy (non-hydrogen) atoms. The van der Waals surface area contributed by atoms with Crippen molar-refractivity contribution in [3.05, 3.63) is 0 Å². The van der Waals surface area contributed by atoms with Crippen molar-refractivity contribution in [1.29, 1.82) is 0 Å². The van der Waals surface area contributed by atoms with Gasteiger partial charge in [-0.15, -0.1) is 0 Å². The molecule has 1 atom stereocenters. The van der Waals surface area contributed by atoms with Gasteiger partial charge in [0.05, 0.1) is 0 Å². The van der Waals surface area contributed by atoms with Crippen molar-refractivity contribution in [3.8, 4) is 0 Å². The van der Waals surface area contributed by atoms with Crippen LogP contribution in [0.2, 0.25) is 0 Å². The fourth-order valence-corrected chi connectivity index (χ4v) is 4.69. The molecule has 0 N–H and O–H groups in total. The molecule has 224 valence electrons. The maximum atomic E-state index is 13.9. The van der Waals surface area contributed by atoms with Gasteiger partial charge in [-0.05, 0) is 6.42 Å².